The number of alkyl halides is 19. The molecule has 176 valence electrons. The summed E-state index contributed by atoms with van der Waals surface area (Å²) in [6, 6.07) is 0. The largest absolute Gasteiger partial charge is 0.360 e. The molecule has 0 unspecified atom stereocenters. The molecule has 0 aromatic carbocycles. The maximum absolute atomic E-state index is 9.79. The first-order valence-electron chi connectivity index (χ1n) is 5.81. The lowest BCUT2D eigenvalue weighted by Crippen LogP contribution is -2.71. The van der Waals surface area contributed by atoms with Gasteiger partial charge >= 0.3 is 0 Å². The molecule has 1 nitrogen and oxygen atoms in total. The molecule has 0 heterocycles. The van der Waals surface area contributed by atoms with Crippen molar-refractivity contribution in [3.8, 4) is 0 Å². The van der Waals surface area contributed by atoms with Crippen LogP contribution in [0.2, 0.25) is 0 Å². The third-order valence-corrected chi connectivity index (χ3v) is 15.7. The molecule has 0 aliphatic rings. The molecule has 0 spiro atoms. The van der Waals surface area contributed by atoms with Gasteiger partial charge in [-0.25, -0.2) is 0 Å². The second-order valence-corrected chi connectivity index (χ2v) is 17.9. The molecular weight excluding hydrogens is 798 g/mol. The maximum Gasteiger partial charge on any atom is 0.251 e. The van der Waals surface area contributed by atoms with E-state index in [1.54, 1.807) is 0 Å². The lowest BCUT2D eigenvalue weighted by molar-refractivity contribution is 0.181. The van der Waals surface area contributed by atoms with Crippen LogP contribution in [0.4, 0.5) is 0 Å². The Bertz CT molecular complexity index is 554. The van der Waals surface area contributed by atoms with Crippen molar-refractivity contribution in [2.24, 2.45) is 0 Å². The van der Waals surface area contributed by atoms with E-state index in [9.17, 15) is 5.11 Å². The standard InChI is InChI=1S/C9HCl19O/c10-1(11,2(12,13)4(16,17)6(20,21)8(24,25)26)3(14,15)5(18,19)7(22,23)9(27,28)29/h29H. The molecule has 0 atom stereocenters. The van der Waals surface area contributed by atoms with Crippen LogP contribution in [0.3, 0.4) is 0 Å². The summed E-state index contributed by atoms with van der Waals surface area (Å²) in [6.45, 7) is 0. The van der Waals surface area contributed by atoms with Gasteiger partial charge in [-0.2, -0.15) is 0 Å². The molecule has 0 aromatic heterocycles. The Labute approximate surface area is 260 Å². The predicted octanol–water partition coefficient (Wildman–Crippen LogP) is 10.7. The van der Waals surface area contributed by atoms with E-state index >= 15 is 0 Å². The van der Waals surface area contributed by atoms with Crippen LogP contribution in [0.1, 0.15) is 0 Å². The first-order valence-corrected chi connectivity index (χ1v) is 13.0. The van der Waals surface area contributed by atoms with E-state index in [1.807, 2.05) is 0 Å². The van der Waals surface area contributed by atoms with Crippen LogP contribution in [0.5, 0.6) is 0 Å². The van der Waals surface area contributed by atoms with Crippen molar-refractivity contribution < 1.29 is 5.11 Å². The number of rotatable bonds is 7. The second-order valence-electron chi connectivity index (χ2n) is 5.06. The summed E-state index contributed by atoms with van der Waals surface area (Å²) in [7, 11) is 0. The maximum atomic E-state index is 9.79. The van der Waals surface area contributed by atoms with Crippen LogP contribution < -0.4 is 0 Å². The highest BCUT2D eigenvalue weighted by molar-refractivity contribution is 6.83. The highest BCUT2D eigenvalue weighted by Gasteiger charge is 2.82. The Morgan fingerprint density at radius 1 is 0.276 bits per heavy atom. The number of hydrogen-bond donors (Lipinski definition) is 1. The molecule has 0 aliphatic carbocycles. The molecule has 0 rings (SSSR count). The molecule has 29 heavy (non-hydrogen) atoms. The van der Waals surface area contributed by atoms with E-state index in [4.69, 9.17) is 220 Å². The molecule has 0 saturated heterocycles. The Balaban J connectivity index is 6.82. The van der Waals surface area contributed by atoms with Gasteiger partial charge in [-0.1, -0.05) is 220 Å². The molecular formula is C9HCl19O. The van der Waals surface area contributed by atoms with Crippen LogP contribution in [0, 0.1) is 0 Å². The van der Waals surface area contributed by atoms with Crippen molar-refractivity contribution in [1.29, 1.82) is 0 Å². The number of halogens is 19. The van der Waals surface area contributed by atoms with E-state index in [-0.39, 0.29) is 0 Å². The highest BCUT2D eigenvalue weighted by atomic mass is 35.6. The lowest BCUT2D eigenvalue weighted by atomic mass is 10.0. The summed E-state index contributed by atoms with van der Waals surface area (Å²) in [5.41, 5.74) is 0. The average molecular weight is 799 g/mol. The third kappa shape index (κ3) is 5.52. The summed E-state index contributed by atoms with van der Waals surface area (Å²) in [4.78, 5) is 0. The van der Waals surface area contributed by atoms with Gasteiger partial charge < -0.3 is 5.11 Å². The van der Waals surface area contributed by atoms with Gasteiger partial charge in [0, 0.05) is 0 Å². The average Bonchev–Trinajstić information content (AvgIpc) is 2.43. The van der Waals surface area contributed by atoms with Crippen molar-refractivity contribution >= 4 is 220 Å². The van der Waals surface area contributed by atoms with Crippen LogP contribution in [-0.2, 0) is 0 Å². The van der Waals surface area contributed by atoms with E-state index < -0.39 is 38.6 Å². The summed E-state index contributed by atoms with van der Waals surface area (Å²) >= 11 is 113. The van der Waals surface area contributed by atoms with Crippen LogP contribution in [-0.4, -0.2) is 43.8 Å². The number of aliphatic hydroxyl groups is 1. The topological polar surface area (TPSA) is 20.2 Å². The Hall–Kier alpha value is 5.47. The van der Waals surface area contributed by atoms with Gasteiger partial charge in [0.1, 0.15) is 0 Å². The van der Waals surface area contributed by atoms with E-state index in [2.05, 4.69) is 0 Å². The van der Waals surface area contributed by atoms with Gasteiger partial charge in [0.05, 0.1) is 0 Å². The fourth-order valence-corrected chi connectivity index (χ4v) is 6.90. The minimum Gasteiger partial charge on any atom is -0.360 e. The van der Waals surface area contributed by atoms with Crippen molar-refractivity contribution in [3.63, 3.8) is 0 Å². The molecule has 0 aromatic rings. The molecule has 0 radical (unpaired) electrons. The smallest absolute Gasteiger partial charge is 0.251 e. The second kappa shape index (κ2) is 9.98. The molecule has 0 fully saturated rings. The SMILES string of the molecule is OC(Cl)(Cl)C(Cl)(Cl)C(Cl)(Cl)C(Cl)(Cl)C(Cl)(Cl)C(Cl)(Cl)C(Cl)(Cl)C(Cl)(Cl)C(Cl)(Cl)Cl. The van der Waals surface area contributed by atoms with Gasteiger partial charge in [-0.3, -0.25) is 0 Å². The Morgan fingerprint density at radius 2 is 0.448 bits per heavy atom. The van der Waals surface area contributed by atoms with Crippen molar-refractivity contribution in [2.75, 3.05) is 0 Å². The fraction of sp³-hybridized carbons (Fsp3) is 1.00. The van der Waals surface area contributed by atoms with Crippen LogP contribution >= 0.6 is 220 Å². The minimum absolute atomic E-state index is 2.66. The van der Waals surface area contributed by atoms with Gasteiger partial charge in [-0.05, 0) is 0 Å². The first kappa shape index (κ1) is 34.5. The van der Waals surface area contributed by atoms with E-state index in [1.165, 1.54) is 0 Å². The Kier molecular flexibility index (Phi) is 11.9. The summed E-state index contributed by atoms with van der Waals surface area (Å²) < 4.78 is -27.2. The van der Waals surface area contributed by atoms with Gasteiger partial charge in [0.2, 0.25) is 12.5 Å². The normalized spacial score (nSPS) is 17.0. The predicted molar refractivity (Wildman–Crippen MR) is 138 cm³/mol. The monoisotopic (exact) mass is 789 g/mol. The molecule has 1 N–H and O–H groups in total. The first-order chi connectivity index (χ1) is 12.0. The highest BCUT2D eigenvalue weighted by Crippen LogP contribution is 2.73. The zero-order chi connectivity index (χ0) is 24.5. The van der Waals surface area contributed by atoms with Crippen LogP contribution in [0.15, 0.2) is 0 Å². The van der Waals surface area contributed by atoms with Crippen molar-refractivity contribution in [3.05, 3.63) is 0 Å². The summed E-state index contributed by atoms with van der Waals surface area (Å²) in [5, 5.41) is 9.79. The molecule has 0 aliphatic heterocycles. The van der Waals surface area contributed by atoms with Gasteiger partial charge in [-0.15, -0.1) is 0 Å². The number of hydrogen-bond acceptors (Lipinski definition) is 1. The third-order valence-electron chi connectivity index (χ3n) is 3.10. The summed E-state index contributed by atoms with van der Waals surface area (Å²) in [5.74, 6) is 0. The molecule has 20 heteroatoms. The van der Waals surface area contributed by atoms with E-state index in [0.717, 1.165) is 0 Å². The fourth-order valence-electron chi connectivity index (χ4n) is 1.35. The van der Waals surface area contributed by atoms with Gasteiger partial charge in [0.25, 0.3) is 4.52 Å². The quantitative estimate of drug-likeness (QED) is 0.255. The molecule has 0 saturated carbocycles. The van der Waals surface area contributed by atoms with Crippen molar-refractivity contribution in [1.82, 2.24) is 0 Å². The Morgan fingerprint density at radius 3 is 0.621 bits per heavy atom. The zero-order valence-electron chi connectivity index (χ0n) is 12.1. The van der Waals surface area contributed by atoms with E-state index in [0.29, 0.717) is 0 Å². The molecule has 0 bridgehead atoms. The van der Waals surface area contributed by atoms with Gasteiger partial charge in [0.15, 0.2) is 21.7 Å². The summed E-state index contributed by atoms with van der Waals surface area (Å²) in [6.07, 6.45) is 0. The zero-order valence-corrected chi connectivity index (χ0v) is 26.5. The van der Waals surface area contributed by atoms with Crippen molar-refractivity contribution in [2.45, 2.75) is 38.6 Å². The lowest BCUT2D eigenvalue weighted by Gasteiger charge is -2.54. The van der Waals surface area contributed by atoms with Crippen LogP contribution in [0.25, 0.3) is 0 Å². The molecule has 0 amide bonds. The minimum atomic E-state index is -3.15.